The highest BCUT2D eigenvalue weighted by Crippen LogP contribution is 2.48. The lowest BCUT2D eigenvalue weighted by molar-refractivity contribution is 0.0252. The zero-order valence-corrected chi connectivity index (χ0v) is 18.3. The van der Waals surface area contributed by atoms with Crippen LogP contribution < -0.4 is 4.74 Å². The topological polar surface area (TPSA) is 68.8 Å². The minimum Gasteiger partial charge on any atom is -0.496 e. The van der Waals surface area contributed by atoms with Crippen molar-refractivity contribution in [2.24, 2.45) is 0 Å². The molecule has 2 fully saturated rings. The van der Waals surface area contributed by atoms with Gasteiger partial charge in [-0.2, -0.15) is 0 Å². The summed E-state index contributed by atoms with van der Waals surface area (Å²) in [7, 11) is 3.96. The molecule has 3 aromatic rings. The molecule has 2 aliphatic rings. The van der Waals surface area contributed by atoms with E-state index >= 15 is 0 Å². The number of nitrogens with zero attached hydrogens (tertiary/aromatic N) is 2. The summed E-state index contributed by atoms with van der Waals surface area (Å²) in [6.45, 7) is 4.82. The van der Waals surface area contributed by atoms with Gasteiger partial charge < -0.3 is 14.8 Å². The van der Waals surface area contributed by atoms with E-state index in [0.29, 0.717) is 5.56 Å². The van der Waals surface area contributed by atoms with E-state index in [-0.39, 0.29) is 11.6 Å². The number of aromatic amines is 1. The van der Waals surface area contributed by atoms with Gasteiger partial charge in [-0.25, -0.2) is 4.79 Å². The fraction of sp³-hybridized carbons (Fsp3) is 0.400. The standard InChI is InChI=1S/C25H29N3O3/c1-16-12-22(31-3)20(19-8-11-26-23(16)19)13-28-15-25(9-10-25)27(2)14-21(28)17-4-6-18(7-5-17)24(29)30/h4-8,11-12,21,26H,9-10,13-15H2,1-3H3,(H,29,30). The highest BCUT2D eigenvalue weighted by atomic mass is 16.5. The molecule has 1 spiro atoms. The van der Waals surface area contributed by atoms with Crippen molar-refractivity contribution in [2.45, 2.75) is 37.9 Å². The minimum atomic E-state index is -0.889. The van der Waals surface area contributed by atoms with Crippen LogP contribution >= 0.6 is 0 Å². The zero-order valence-electron chi connectivity index (χ0n) is 18.3. The Morgan fingerprint density at radius 3 is 2.65 bits per heavy atom. The summed E-state index contributed by atoms with van der Waals surface area (Å²) in [6.07, 6.45) is 4.46. The Kier molecular flexibility index (Phi) is 4.79. The van der Waals surface area contributed by atoms with Crippen LogP contribution in [0.5, 0.6) is 5.75 Å². The highest BCUT2D eigenvalue weighted by Gasteiger charge is 2.52. The number of benzene rings is 2. The maximum Gasteiger partial charge on any atom is 0.335 e. The molecular weight excluding hydrogens is 390 g/mol. The molecule has 0 radical (unpaired) electrons. The molecule has 5 rings (SSSR count). The summed E-state index contributed by atoms with van der Waals surface area (Å²) in [4.78, 5) is 19.7. The SMILES string of the molecule is COc1cc(C)c2[nH]ccc2c1CN1CC2(CC2)N(C)CC1c1ccc(C(=O)O)cc1. The Balaban J connectivity index is 1.54. The normalized spacial score (nSPS) is 20.9. The van der Waals surface area contributed by atoms with Crippen molar-refractivity contribution in [1.29, 1.82) is 0 Å². The third kappa shape index (κ3) is 3.40. The van der Waals surface area contributed by atoms with E-state index in [1.807, 2.05) is 18.3 Å². The maximum atomic E-state index is 11.3. The molecule has 162 valence electrons. The van der Waals surface area contributed by atoms with Crippen LogP contribution in [0.1, 0.15) is 45.9 Å². The van der Waals surface area contributed by atoms with Gasteiger partial charge in [0, 0.05) is 53.9 Å². The van der Waals surface area contributed by atoms with E-state index in [2.05, 4.69) is 40.9 Å². The van der Waals surface area contributed by atoms with Crippen LogP contribution in [0.15, 0.2) is 42.6 Å². The number of nitrogens with one attached hydrogen (secondary N) is 1. The van der Waals surface area contributed by atoms with E-state index in [1.165, 1.54) is 29.4 Å². The molecule has 6 nitrogen and oxygen atoms in total. The maximum absolute atomic E-state index is 11.3. The summed E-state index contributed by atoms with van der Waals surface area (Å²) in [5, 5.41) is 10.5. The summed E-state index contributed by atoms with van der Waals surface area (Å²) in [5.74, 6) is 0.0358. The van der Waals surface area contributed by atoms with E-state index in [1.54, 1.807) is 19.2 Å². The average molecular weight is 420 g/mol. The Hall–Kier alpha value is -2.83. The van der Waals surface area contributed by atoms with Gasteiger partial charge in [0.1, 0.15) is 5.75 Å². The van der Waals surface area contributed by atoms with Gasteiger partial charge >= 0.3 is 5.97 Å². The molecule has 1 aliphatic carbocycles. The molecule has 31 heavy (non-hydrogen) atoms. The summed E-state index contributed by atoms with van der Waals surface area (Å²) in [5.41, 5.74) is 5.30. The van der Waals surface area contributed by atoms with Crippen molar-refractivity contribution in [3.8, 4) is 5.75 Å². The molecule has 1 aliphatic heterocycles. The number of H-pyrrole nitrogens is 1. The quantitative estimate of drug-likeness (QED) is 0.649. The predicted octanol–water partition coefficient (Wildman–Crippen LogP) is 4.20. The number of methoxy groups -OCH3 is 1. The van der Waals surface area contributed by atoms with Crippen LogP contribution in [0.3, 0.4) is 0 Å². The van der Waals surface area contributed by atoms with Crippen LogP contribution in [-0.2, 0) is 6.54 Å². The van der Waals surface area contributed by atoms with E-state index < -0.39 is 5.97 Å². The fourth-order valence-electron chi connectivity index (χ4n) is 5.18. The number of aromatic carboxylic acids is 1. The lowest BCUT2D eigenvalue weighted by Gasteiger charge is -2.46. The first-order chi connectivity index (χ1) is 14.9. The minimum absolute atomic E-state index is 0.194. The Morgan fingerprint density at radius 1 is 1.26 bits per heavy atom. The molecule has 0 amide bonds. The van der Waals surface area contributed by atoms with Gasteiger partial charge in [-0.15, -0.1) is 0 Å². The largest absolute Gasteiger partial charge is 0.496 e. The molecule has 1 unspecified atom stereocenters. The molecule has 1 saturated heterocycles. The van der Waals surface area contributed by atoms with Crippen LogP contribution in [0.2, 0.25) is 0 Å². The van der Waals surface area contributed by atoms with Gasteiger partial charge in [0.05, 0.1) is 12.7 Å². The fourth-order valence-corrected chi connectivity index (χ4v) is 5.18. The number of carboxylic acids is 1. The van der Waals surface area contributed by atoms with Gasteiger partial charge in [0.15, 0.2) is 0 Å². The smallest absolute Gasteiger partial charge is 0.335 e. The Labute approximate surface area is 182 Å². The zero-order chi connectivity index (χ0) is 21.8. The second kappa shape index (κ2) is 7.39. The number of hydrogen-bond acceptors (Lipinski definition) is 4. The second-order valence-electron chi connectivity index (χ2n) is 9.09. The van der Waals surface area contributed by atoms with Crippen molar-refractivity contribution in [2.75, 3.05) is 27.2 Å². The number of ether oxygens (including phenoxy) is 1. The molecule has 1 saturated carbocycles. The number of hydrogen-bond donors (Lipinski definition) is 2. The number of aryl methyl sites for hydroxylation is 1. The van der Waals surface area contributed by atoms with Crippen LogP contribution in [0.4, 0.5) is 0 Å². The molecule has 2 heterocycles. The third-order valence-electron chi connectivity index (χ3n) is 7.26. The first-order valence-corrected chi connectivity index (χ1v) is 10.8. The predicted molar refractivity (Wildman–Crippen MR) is 121 cm³/mol. The Bertz CT molecular complexity index is 1130. The van der Waals surface area contributed by atoms with Crippen molar-refractivity contribution >= 4 is 16.9 Å². The van der Waals surface area contributed by atoms with Crippen molar-refractivity contribution in [3.63, 3.8) is 0 Å². The number of carbonyl (C=O) groups is 1. The number of carboxylic acid groups (broad SMARTS) is 1. The van der Waals surface area contributed by atoms with Crippen molar-refractivity contribution < 1.29 is 14.6 Å². The second-order valence-corrected chi connectivity index (χ2v) is 9.09. The van der Waals surface area contributed by atoms with Gasteiger partial charge in [-0.1, -0.05) is 12.1 Å². The van der Waals surface area contributed by atoms with Gasteiger partial charge in [-0.05, 0) is 62.2 Å². The number of piperazine rings is 1. The lowest BCUT2D eigenvalue weighted by Crippen LogP contribution is -2.54. The first kappa shape index (κ1) is 20.1. The molecular formula is C25H29N3O3. The van der Waals surface area contributed by atoms with Crippen molar-refractivity contribution in [3.05, 3.63) is 64.8 Å². The summed E-state index contributed by atoms with van der Waals surface area (Å²) in [6, 6.07) is 11.8. The van der Waals surface area contributed by atoms with Gasteiger partial charge in [-0.3, -0.25) is 9.80 Å². The lowest BCUT2D eigenvalue weighted by atomic mass is 9.96. The average Bonchev–Trinajstić information content (AvgIpc) is 3.35. The molecule has 6 heteroatoms. The molecule has 2 aromatic carbocycles. The molecule has 2 N–H and O–H groups in total. The van der Waals surface area contributed by atoms with Crippen LogP contribution in [0, 0.1) is 6.92 Å². The Morgan fingerprint density at radius 2 is 2.00 bits per heavy atom. The van der Waals surface area contributed by atoms with Crippen LogP contribution in [-0.4, -0.2) is 58.6 Å². The van der Waals surface area contributed by atoms with E-state index in [0.717, 1.165) is 36.5 Å². The summed E-state index contributed by atoms with van der Waals surface area (Å²) >= 11 is 0. The number of fused-ring (bicyclic) bond motifs is 1. The van der Waals surface area contributed by atoms with E-state index in [9.17, 15) is 9.90 Å². The van der Waals surface area contributed by atoms with Crippen LogP contribution in [0.25, 0.3) is 10.9 Å². The van der Waals surface area contributed by atoms with Crippen molar-refractivity contribution in [1.82, 2.24) is 14.8 Å². The number of likely N-dealkylation sites (N-methyl/N-ethyl adjacent to an activating group) is 1. The molecule has 0 bridgehead atoms. The molecule has 1 atom stereocenters. The summed E-state index contributed by atoms with van der Waals surface area (Å²) < 4.78 is 5.80. The first-order valence-electron chi connectivity index (χ1n) is 10.8. The van der Waals surface area contributed by atoms with Gasteiger partial charge in [0.2, 0.25) is 0 Å². The number of aromatic nitrogens is 1. The monoisotopic (exact) mass is 419 g/mol. The third-order valence-corrected chi connectivity index (χ3v) is 7.26. The van der Waals surface area contributed by atoms with Gasteiger partial charge in [0.25, 0.3) is 0 Å². The molecule has 1 aromatic heterocycles. The van der Waals surface area contributed by atoms with E-state index in [4.69, 9.17) is 4.74 Å². The highest BCUT2D eigenvalue weighted by molar-refractivity contribution is 5.88. The number of rotatable bonds is 5.